The van der Waals surface area contributed by atoms with Crippen LogP contribution in [-0.2, 0) is 4.79 Å². The van der Waals surface area contributed by atoms with Crippen molar-refractivity contribution < 1.29 is 4.79 Å². The molecule has 3 N–H and O–H groups in total. The van der Waals surface area contributed by atoms with Crippen molar-refractivity contribution in [3.05, 3.63) is 4.77 Å². The van der Waals surface area contributed by atoms with E-state index in [2.05, 4.69) is 27.6 Å². The van der Waals surface area contributed by atoms with Gasteiger partial charge >= 0.3 is 0 Å². The Hall–Kier alpha value is -1.15. The molecular formula is C8H11N5OS2. The van der Waals surface area contributed by atoms with E-state index >= 15 is 0 Å². The van der Waals surface area contributed by atoms with Gasteiger partial charge in [-0.3, -0.25) is 14.7 Å². The van der Waals surface area contributed by atoms with Crippen LogP contribution < -0.4 is 10.6 Å². The molecule has 0 aliphatic carbocycles. The molecule has 2 rings (SSSR count). The van der Waals surface area contributed by atoms with Gasteiger partial charge in [-0.15, -0.1) is 0 Å². The molecule has 1 aliphatic rings. The second kappa shape index (κ2) is 4.38. The van der Waals surface area contributed by atoms with E-state index in [0.717, 1.165) is 0 Å². The zero-order valence-corrected chi connectivity index (χ0v) is 10.1. The van der Waals surface area contributed by atoms with Crippen LogP contribution in [0.4, 0.5) is 11.9 Å². The molecule has 1 fully saturated rings. The second-order valence-corrected chi connectivity index (χ2v) is 4.33. The first-order chi connectivity index (χ1) is 7.60. The summed E-state index contributed by atoms with van der Waals surface area (Å²) in [6.45, 7) is 0.587. The number of H-pyrrole nitrogens is 1. The molecule has 0 bridgehead atoms. The number of nitrogens with two attached hydrogens (primary N) is 1. The Morgan fingerprint density at radius 3 is 2.94 bits per heavy atom. The van der Waals surface area contributed by atoms with Crippen molar-refractivity contribution in [1.29, 1.82) is 0 Å². The molecule has 1 aliphatic heterocycles. The molecule has 0 aromatic carbocycles. The van der Waals surface area contributed by atoms with Crippen molar-refractivity contribution in [2.45, 2.75) is 6.42 Å². The molecule has 86 valence electrons. The van der Waals surface area contributed by atoms with Crippen LogP contribution in [0, 0.1) is 10.7 Å². The molecule has 1 aromatic heterocycles. The first-order valence-electron chi connectivity index (χ1n) is 4.75. The maximum Gasteiger partial charge on any atom is 0.229 e. The zero-order chi connectivity index (χ0) is 11.7. The van der Waals surface area contributed by atoms with Gasteiger partial charge in [-0.2, -0.15) is 22.6 Å². The summed E-state index contributed by atoms with van der Waals surface area (Å²) in [6.07, 6.45) is 0.480. The average molecular weight is 257 g/mol. The number of aromatic amines is 1. The average Bonchev–Trinajstić information content (AvgIpc) is 2.58. The number of carbonyl (C=O) groups excluding carboxylic acids is 1. The largest absolute Gasteiger partial charge is 0.369 e. The lowest BCUT2D eigenvalue weighted by molar-refractivity contribution is -0.117. The number of hydrogen-bond acceptors (Lipinski definition) is 6. The third-order valence-electron chi connectivity index (χ3n) is 2.38. The van der Waals surface area contributed by atoms with E-state index in [1.807, 2.05) is 0 Å². The van der Waals surface area contributed by atoms with Crippen LogP contribution in [0.3, 0.4) is 0 Å². The molecule has 8 heteroatoms. The quantitative estimate of drug-likeness (QED) is 0.527. The van der Waals surface area contributed by atoms with Crippen LogP contribution in [0.5, 0.6) is 0 Å². The molecule has 0 saturated carbocycles. The van der Waals surface area contributed by atoms with Gasteiger partial charge < -0.3 is 5.73 Å². The zero-order valence-electron chi connectivity index (χ0n) is 8.38. The Labute approximate surface area is 103 Å². The van der Waals surface area contributed by atoms with Gasteiger partial charge in [0.25, 0.3) is 0 Å². The lowest BCUT2D eigenvalue weighted by atomic mass is 10.1. The number of aromatic nitrogens is 3. The van der Waals surface area contributed by atoms with E-state index in [1.54, 1.807) is 0 Å². The minimum Gasteiger partial charge on any atom is -0.369 e. The number of anilines is 2. The molecule has 1 amide bonds. The van der Waals surface area contributed by atoms with E-state index in [-0.39, 0.29) is 22.5 Å². The Morgan fingerprint density at radius 1 is 1.62 bits per heavy atom. The van der Waals surface area contributed by atoms with Crippen LogP contribution >= 0.6 is 24.8 Å². The van der Waals surface area contributed by atoms with E-state index in [4.69, 9.17) is 18.0 Å². The molecule has 1 atom stereocenters. The number of rotatable bonds is 2. The van der Waals surface area contributed by atoms with E-state index in [9.17, 15) is 4.79 Å². The van der Waals surface area contributed by atoms with Crippen LogP contribution in [-0.4, -0.2) is 33.2 Å². The summed E-state index contributed by atoms with van der Waals surface area (Å²) in [5.74, 6) is 1.45. The van der Waals surface area contributed by atoms with Crippen molar-refractivity contribution in [2.24, 2.45) is 5.92 Å². The van der Waals surface area contributed by atoms with E-state index < -0.39 is 0 Å². The predicted molar refractivity (Wildman–Crippen MR) is 65.9 cm³/mol. The van der Waals surface area contributed by atoms with Crippen molar-refractivity contribution in [1.82, 2.24) is 15.0 Å². The Morgan fingerprint density at radius 2 is 2.38 bits per heavy atom. The summed E-state index contributed by atoms with van der Waals surface area (Å²) >= 11 is 9.03. The van der Waals surface area contributed by atoms with Crippen LogP contribution in [0.15, 0.2) is 0 Å². The summed E-state index contributed by atoms with van der Waals surface area (Å²) in [7, 11) is 0. The Kier molecular flexibility index (Phi) is 3.10. The molecule has 1 aromatic rings. The number of nitrogens with zero attached hydrogens (tertiary/aromatic N) is 3. The van der Waals surface area contributed by atoms with Crippen molar-refractivity contribution in [3.63, 3.8) is 0 Å². The first kappa shape index (κ1) is 11.3. The van der Waals surface area contributed by atoms with Gasteiger partial charge in [0.2, 0.25) is 22.6 Å². The van der Waals surface area contributed by atoms with Crippen molar-refractivity contribution in [3.8, 4) is 0 Å². The minimum absolute atomic E-state index is 0.00259. The number of carbonyl (C=O) groups is 1. The molecule has 16 heavy (non-hydrogen) atoms. The highest BCUT2D eigenvalue weighted by atomic mass is 32.1. The summed E-state index contributed by atoms with van der Waals surface area (Å²) < 4.78 is 0.133. The van der Waals surface area contributed by atoms with Gasteiger partial charge in [-0.1, -0.05) is 0 Å². The van der Waals surface area contributed by atoms with Gasteiger partial charge in [0.1, 0.15) is 0 Å². The number of thiol groups is 1. The smallest absolute Gasteiger partial charge is 0.229 e. The lowest BCUT2D eigenvalue weighted by Gasteiger charge is -2.14. The molecule has 0 spiro atoms. The van der Waals surface area contributed by atoms with Crippen LogP contribution in [0.25, 0.3) is 0 Å². The predicted octanol–water partition coefficient (Wildman–Crippen LogP) is 0.399. The molecule has 0 radical (unpaired) electrons. The SMILES string of the molecule is Nc1nc(=S)nc(N2CC(CS)CC2=O)[nH]1. The third kappa shape index (κ3) is 2.17. The topological polar surface area (TPSA) is 87.9 Å². The van der Waals surface area contributed by atoms with Crippen LogP contribution in [0.1, 0.15) is 6.42 Å². The normalized spacial score (nSPS) is 20.4. The van der Waals surface area contributed by atoms with Gasteiger partial charge in [-0.25, -0.2) is 0 Å². The Bertz CT molecular complexity index is 474. The number of nitrogen functional groups attached to an aromatic ring is 1. The summed E-state index contributed by atoms with van der Waals surface area (Å²) in [5, 5.41) is 0. The van der Waals surface area contributed by atoms with E-state index in [0.29, 0.717) is 24.7 Å². The highest BCUT2D eigenvalue weighted by Crippen LogP contribution is 2.22. The van der Waals surface area contributed by atoms with Gasteiger partial charge in [-0.05, 0) is 23.9 Å². The summed E-state index contributed by atoms with van der Waals surface area (Å²) in [4.78, 5) is 23.7. The molecule has 6 nitrogen and oxygen atoms in total. The lowest BCUT2D eigenvalue weighted by Crippen LogP contribution is -2.27. The van der Waals surface area contributed by atoms with Gasteiger partial charge in [0, 0.05) is 13.0 Å². The fourth-order valence-corrected chi connectivity index (χ4v) is 2.05. The van der Waals surface area contributed by atoms with Crippen molar-refractivity contribution >= 4 is 42.7 Å². The van der Waals surface area contributed by atoms with Crippen molar-refractivity contribution in [2.75, 3.05) is 22.9 Å². The Balaban J connectivity index is 2.31. The maximum atomic E-state index is 11.7. The highest BCUT2D eigenvalue weighted by Gasteiger charge is 2.31. The van der Waals surface area contributed by atoms with Gasteiger partial charge in [0.15, 0.2) is 0 Å². The molecule has 2 heterocycles. The second-order valence-electron chi connectivity index (χ2n) is 3.60. The summed E-state index contributed by atoms with van der Waals surface area (Å²) in [6, 6.07) is 0. The molecular weight excluding hydrogens is 246 g/mol. The first-order valence-corrected chi connectivity index (χ1v) is 5.79. The van der Waals surface area contributed by atoms with Gasteiger partial charge in [0.05, 0.1) is 0 Å². The highest BCUT2D eigenvalue weighted by molar-refractivity contribution is 7.80. The minimum atomic E-state index is 0.00259. The number of hydrogen-bond donors (Lipinski definition) is 3. The van der Waals surface area contributed by atoms with E-state index in [1.165, 1.54) is 4.90 Å². The monoisotopic (exact) mass is 257 g/mol. The number of nitrogens with one attached hydrogen (secondary N) is 1. The fraction of sp³-hybridized carbons (Fsp3) is 0.500. The fourth-order valence-electron chi connectivity index (χ4n) is 1.63. The molecule has 1 unspecified atom stereocenters. The standard InChI is InChI=1S/C8H11N5OS2/c9-6-10-7(12-8(16)11-6)13-2-4(3-15)1-5(13)14/h4,15H,1-3H2,(H3,9,10,11,12,16). The third-order valence-corrected chi connectivity index (χ3v) is 3.08. The van der Waals surface area contributed by atoms with Crippen LogP contribution in [0.2, 0.25) is 0 Å². The number of amides is 1. The maximum absolute atomic E-state index is 11.7. The summed E-state index contributed by atoms with van der Waals surface area (Å²) in [5.41, 5.74) is 5.51. The molecule has 1 saturated heterocycles.